The standard InChI is InChI=1S/C32H25N5O3/c1-19-12-22-14-25(31(39)40-3)30(32(16-33,17-34)18-35)29(24(22)13-20(19)2)21-8-10-36-28(15-21)37-11-9-27(38)23-6-4-5-7-26(23)37/h4-8,10,12-15,27,38H,9,11H2,1-3H3/t27-/m0/s1. The minimum absolute atomic E-state index is 0.0192. The molecule has 0 radical (unpaired) electrons. The van der Waals surface area contributed by atoms with Gasteiger partial charge in [0.15, 0.2) is 0 Å². The number of hydrogen-bond acceptors (Lipinski definition) is 8. The van der Waals surface area contributed by atoms with Crippen molar-refractivity contribution in [2.75, 3.05) is 18.6 Å². The third-order valence-corrected chi connectivity index (χ3v) is 7.56. The van der Waals surface area contributed by atoms with E-state index in [2.05, 4.69) is 4.98 Å². The third kappa shape index (κ3) is 4.10. The molecule has 0 bridgehead atoms. The Balaban J connectivity index is 1.88. The molecule has 0 unspecified atom stereocenters. The maximum absolute atomic E-state index is 13.1. The molecular weight excluding hydrogens is 502 g/mol. The normalized spacial score (nSPS) is 14.5. The van der Waals surface area contributed by atoms with E-state index in [4.69, 9.17) is 4.74 Å². The SMILES string of the molecule is COC(=O)c1cc2cc(C)c(C)cc2c(-c2ccnc(N3CC[C@H](O)c4ccccc43)c2)c1C(C#N)(C#N)C#N. The van der Waals surface area contributed by atoms with Crippen LogP contribution in [0.5, 0.6) is 0 Å². The Hall–Kier alpha value is -5.23. The first kappa shape index (κ1) is 26.4. The Morgan fingerprint density at radius 1 is 1.05 bits per heavy atom. The first-order valence-electron chi connectivity index (χ1n) is 12.7. The lowest BCUT2D eigenvalue weighted by Crippen LogP contribution is -2.27. The second kappa shape index (κ2) is 10.2. The van der Waals surface area contributed by atoms with E-state index in [1.807, 2.05) is 79.4 Å². The van der Waals surface area contributed by atoms with Gasteiger partial charge in [-0.15, -0.1) is 0 Å². The zero-order valence-electron chi connectivity index (χ0n) is 22.3. The van der Waals surface area contributed by atoms with Gasteiger partial charge in [-0.3, -0.25) is 0 Å². The van der Waals surface area contributed by atoms with Crippen LogP contribution in [0.2, 0.25) is 0 Å². The zero-order chi connectivity index (χ0) is 28.6. The number of benzene rings is 3. The summed E-state index contributed by atoms with van der Waals surface area (Å²) in [6.07, 6.45) is 1.54. The van der Waals surface area contributed by atoms with Gasteiger partial charge >= 0.3 is 5.97 Å². The molecule has 40 heavy (non-hydrogen) atoms. The van der Waals surface area contributed by atoms with Gasteiger partial charge in [-0.05, 0) is 77.6 Å². The van der Waals surface area contributed by atoms with Crippen LogP contribution in [0.4, 0.5) is 11.5 Å². The molecule has 0 saturated carbocycles. The van der Waals surface area contributed by atoms with Crippen molar-refractivity contribution in [3.63, 3.8) is 0 Å². The van der Waals surface area contributed by atoms with Crippen LogP contribution in [0, 0.1) is 47.8 Å². The first-order chi connectivity index (χ1) is 19.3. The van der Waals surface area contributed by atoms with Gasteiger partial charge in [0.2, 0.25) is 0 Å². The van der Waals surface area contributed by atoms with Gasteiger partial charge in [0.25, 0.3) is 5.41 Å². The second-order valence-corrected chi connectivity index (χ2v) is 9.83. The van der Waals surface area contributed by atoms with Gasteiger partial charge in [-0.1, -0.05) is 30.3 Å². The largest absolute Gasteiger partial charge is 0.465 e. The summed E-state index contributed by atoms with van der Waals surface area (Å²) in [4.78, 5) is 19.7. The van der Waals surface area contributed by atoms with Crippen LogP contribution < -0.4 is 4.90 Å². The minimum atomic E-state index is -2.28. The number of rotatable bonds is 4. The molecule has 1 aromatic heterocycles. The summed E-state index contributed by atoms with van der Waals surface area (Å²) in [6, 6.07) is 22.2. The molecule has 0 fully saturated rings. The fourth-order valence-electron chi connectivity index (χ4n) is 5.38. The number of aryl methyl sites for hydroxylation is 2. The fourth-order valence-corrected chi connectivity index (χ4v) is 5.38. The van der Waals surface area contributed by atoms with Crippen LogP contribution in [0.15, 0.2) is 60.8 Å². The molecule has 0 spiro atoms. The molecule has 0 amide bonds. The summed E-state index contributed by atoms with van der Waals surface area (Å²) < 4.78 is 5.06. The average molecular weight is 528 g/mol. The van der Waals surface area contributed by atoms with E-state index in [0.29, 0.717) is 40.7 Å². The smallest absolute Gasteiger partial charge is 0.338 e. The molecule has 1 atom stereocenters. The summed E-state index contributed by atoms with van der Waals surface area (Å²) in [6.45, 7) is 4.42. The van der Waals surface area contributed by atoms with Gasteiger partial charge in [0, 0.05) is 29.6 Å². The number of hydrogen-bond donors (Lipinski definition) is 1. The molecule has 3 aromatic carbocycles. The number of aromatic nitrogens is 1. The highest BCUT2D eigenvalue weighted by Gasteiger charge is 2.41. The number of fused-ring (bicyclic) bond motifs is 2. The summed E-state index contributed by atoms with van der Waals surface area (Å²) in [5, 5.41) is 42.4. The molecule has 1 N–H and O–H groups in total. The summed E-state index contributed by atoms with van der Waals surface area (Å²) in [5.41, 5.74) is 2.25. The van der Waals surface area contributed by atoms with E-state index >= 15 is 0 Å². The molecule has 8 nitrogen and oxygen atoms in total. The van der Waals surface area contributed by atoms with Gasteiger partial charge in [-0.2, -0.15) is 15.8 Å². The van der Waals surface area contributed by atoms with Crippen LogP contribution >= 0.6 is 0 Å². The summed E-state index contributed by atoms with van der Waals surface area (Å²) in [7, 11) is 1.22. The van der Waals surface area contributed by atoms with E-state index in [9.17, 15) is 25.7 Å². The number of aliphatic hydroxyl groups excluding tert-OH is 1. The molecule has 0 aliphatic carbocycles. The molecular formula is C32H25N5O3. The number of methoxy groups -OCH3 is 1. The molecule has 1 aliphatic rings. The molecule has 8 heteroatoms. The lowest BCUT2D eigenvalue weighted by molar-refractivity contribution is 0.0599. The quantitative estimate of drug-likeness (QED) is 0.335. The van der Waals surface area contributed by atoms with Crippen molar-refractivity contribution in [3.05, 3.63) is 88.6 Å². The predicted molar refractivity (Wildman–Crippen MR) is 150 cm³/mol. The van der Waals surface area contributed by atoms with E-state index in [1.165, 1.54) is 7.11 Å². The number of anilines is 2. The fraction of sp³-hybridized carbons (Fsp3) is 0.219. The van der Waals surface area contributed by atoms with Crippen molar-refractivity contribution < 1.29 is 14.6 Å². The molecule has 196 valence electrons. The molecule has 5 rings (SSSR count). The van der Waals surface area contributed by atoms with Crippen LogP contribution in [0.25, 0.3) is 21.9 Å². The van der Waals surface area contributed by atoms with Crippen LogP contribution in [-0.2, 0) is 10.2 Å². The van der Waals surface area contributed by atoms with Crippen molar-refractivity contribution in [2.45, 2.75) is 31.8 Å². The van der Waals surface area contributed by atoms with Gasteiger partial charge in [-0.25, -0.2) is 9.78 Å². The molecule has 2 heterocycles. The molecule has 1 aliphatic heterocycles. The van der Waals surface area contributed by atoms with Crippen molar-refractivity contribution in [1.29, 1.82) is 15.8 Å². The minimum Gasteiger partial charge on any atom is -0.465 e. The van der Waals surface area contributed by atoms with E-state index in [1.54, 1.807) is 18.3 Å². The van der Waals surface area contributed by atoms with Crippen molar-refractivity contribution in [2.24, 2.45) is 0 Å². The highest BCUT2D eigenvalue weighted by molar-refractivity contribution is 6.07. The highest BCUT2D eigenvalue weighted by atomic mass is 16.5. The Morgan fingerprint density at radius 3 is 2.45 bits per heavy atom. The Labute approximate surface area is 231 Å². The van der Waals surface area contributed by atoms with E-state index in [-0.39, 0.29) is 11.1 Å². The number of para-hydroxylation sites is 1. The number of ether oxygens (including phenoxy) is 1. The lowest BCUT2D eigenvalue weighted by Gasteiger charge is -2.33. The lowest BCUT2D eigenvalue weighted by atomic mass is 9.75. The summed E-state index contributed by atoms with van der Waals surface area (Å²) in [5.74, 6) is -0.172. The third-order valence-electron chi connectivity index (χ3n) is 7.56. The number of pyridine rings is 1. The van der Waals surface area contributed by atoms with E-state index in [0.717, 1.165) is 22.4 Å². The number of nitriles is 3. The number of carbonyl (C=O) groups is 1. The maximum atomic E-state index is 13.1. The predicted octanol–water partition coefficient (Wildman–Crippen LogP) is 5.69. The Kier molecular flexibility index (Phi) is 6.69. The van der Waals surface area contributed by atoms with Crippen LogP contribution in [0.3, 0.4) is 0 Å². The molecule has 4 aromatic rings. The number of nitrogens with zero attached hydrogens (tertiary/aromatic N) is 5. The summed E-state index contributed by atoms with van der Waals surface area (Å²) >= 11 is 0. The van der Waals surface area contributed by atoms with Crippen molar-refractivity contribution >= 4 is 28.2 Å². The first-order valence-corrected chi connectivity index (χ1v) is 12.7. The topological polar surface area (TPSA) is 134 Å². The van der Waals surface area contributed by atoms with Crippen LogP contribution in [0.1, 0.15) is 45.1 Å². The number of carbonyl (C=O) groups excluding carboxylic acids is 1. The van der Waals surface area contributed by atoms with Gasteiger partial charge in [0.05, 0.1) is 18.8 Å². The van der Waals surface area contributed by atoms with Crippen molar-refractivity contribution in [3.8, 4) is 29.3 Å². The highest BCUT2D eigenvalue weighted by Crippen LogP contribution is 2.44. The van der Waals surface area contributed by atoms with Crippen LogP contribution in [-0.4, -0.2) is 29.7 Å². The zero-order valence-corrected chi connectivity index (χ0v) is 22.3. The maximum Gasteiger partial charge on any atom is 0.338 e. The van der Waals surface area contributed by atoms with Crippen molar-refractivity contribution in [1.82, 2.24) is 4.98 Å². The van der Waals surface area contributed by atoms with E-state index < -0.39 is 17.5 Å². The monoisotopic (exact) mass is 527 g/mol. The second-order valence-electron chi connectivity index (χ2n) is 9.83. The Bertz CT molecular complexity index is 1770. The Morgan fingerprint density at radius 2 is 1.75 bits per heavy atom. The average Bonchev–Trinajstić information content (AvgIpc) is 2.98. The van der Waals surface area contributed by atoms with Gasteiger partial charge < -0.3 is 14.7 Å². The van der Waals surface area contributed by atoms with Gasteiger partial charge in [0.1, 0.15) is 24.0 Å². The molecule has 0 saturated heterocycles. The number of esters is 1. The number of aliphatic hydroxyl groups is 1.